The molecule has 3 rings (SSSR count). The first-order valence-corrected chi connectivity index (χ1v) is 7.59. The molecule has 1 aliphatic heterocycles. The quantitative estimate of drug-likeness (QED) is 0.807. The number of aromatic nitrogens is 1. The van der Waals surface area contributed by atoms with Gasteiger partial charge in [0.15, 0.2) is 5.13 Å². The molecule has 1 aromatic carbocycles. The molecule has 1 aromatic heterocycles. The highest BCUT2D eigenvalue weighted by molar-refractivity contribution is 7.13. The Hall–Kier alpha value is -2.54. The molecule has 7 heteroatoms. The van der Waals surface area contributed by atoms with E-state index in [0.29, 0.717) is 16.3 Å². The summed E-state index contributed by atoms with van der Waals surface area (Å²) >= 11 is 1.35. The van der Waals surface area contributed by atoms with Crippen LogP contribution in [-0.2, 0) is 4.79 Å². The number of imide groups is 1. The monoisotopic (exact) mass is 315 g/mol. The van der Waals surface area contributed by atoms with Gasteiger partial charge in [0.25, 0.3) is 11.8 Å². The van der Waals surface area contributed by atoms with E-state index in [-0.39, 0.29) is 30.7 Å². The van der Waals surface area contributed by atoms with E-state index >= 15 is 0 Å². The van der Waals surface area contributed by atoms with Crippen LogP contribution in [0.1, 0.15) is 27.1 Å². The van der Waals surface area contributed by atoms with Gasteiger partial charge in [-0.2, -0.15) is 0 Å². The third-order valence-corrected chi connectivity index (χ3v) is 4.36. The Balaban J connectivity index is 1.67. The second kappa shape index (κ2) is 5.69. The summed E-state index contributed by atoms with van der Waals surface area (Å²) in [5.41, 5.74) is 0.793. The molecule has 0 saturated heterocycles. The number of carbonyl (C=O) groups excluding carboxylic acids is 3. The fourth-order valence-electron chi connectivity index (χ4n) is 2.31. The maximum atomic E-state index is 12.2. The number of fused-ring (bicyclic) bond motifs is 1. The van der Waals surface area contributed by atoms with Crippen LogP contribution in [0.15, 0.2) is 35.8 Å². The molecule has 0 fully saturated rings. The molecule has 0 spiro atoms. The van der Waals surface area contributed by atoms with Crippen LogP contribution in [-0.4, -0.2) is 41.2 Å². The van der Waals surface area contributed by atoms with Crippen LogP contribution < -0.4 is 4.90 Å². The van der Waals surface area contributed by atoms with Crippen molar-refractivity contribution in [2.45, 2.75) is 6.42 Å². The van der Waals surface area contributed by atoms with E-state index in [1.165, 1.54) is 16.2 Å². The van der Waals surface area contributed by atoms with E-state index in [1.807, 2.05) is 0 Å². The van der Waals surface area contributed by atoms with Gasteiger partial charge in [0.2, 0.25) is 5.91 Å². The van der Waals surface area contributed by atoms with Gasteiger partial charge >= 0.3 is 0 Å². The Kier molecular flexibility index (Phi) is 3.72. The van der Waals surface area contributed by atoms with Gasteiger partial charge in [0, 0.05) is 31.6 Å². The standard InChI is InChI=1S/C15H13N3O3S/c1-17(15-16-7-9-22-15)12(19)6-8-18-13(20)10-4-2-3-5-11(10)14(18)21/h2-5,7,9H,6,8H2,1H3. The molecule has 0 bridgehead atoms. The minimum Gasteiger partial charge on any atom is -0.291 e. The molecular weight excluding hydrogens is 302 g/mol. The predicted octanol–water partition coefficient (Wildman–Crippen LogP) is 1.79. The highest BCUT2D eigenvalue weighted by atomic mass is 32.1. The first kappa shape index (κ1) is 14.4. The maximum Gasteiger partial charge on any atom is 0.261 e. The summed E-state index contributed by atoms with van der Waals surface area (Å²) in [5.74, 6) is -0.873. The van der Waals surface area contributed by atoms with Gasteiger partial charge in [0.05, 0.1) is 11.1 Å². The molecule has 0 N–H and O–H groups in total. The summed E-state index contributed by atoms with van der Waals surface area (Å²) in [7, 11) is 1.63. The lowest BCUT2D eigenvalue weighted by Crippen LogP contribution is -2.35. The van der Waals surface area contributed by atoms with Crippen LogP contribution in [0.25, 0.3) is 0 Å². The van der Waals surface area contributed by atoms with Crippen molar-refractivity contribution >= 4 is 34.2 Å². The highest BCUT2D eigenvalue weighted by Gasteiger charge is 2.35. The summed E-state index contributed by atoms with van der Waals surface area (Å²) in [5, 5.41) is 2.37. The van der Waals surface area contributed by atoms with Crippen molar-refractivity contribution in [2.75, 3.05) is 18.5 Å². The lowest BCUT2D eigenvalue weighted by Gasteiger charge is -2.17. The average Bonchev–Trinajstić information content (AvgIpc) is 3.14. The molecule has 0 unspecified atom stereocenters. The third-order valence-electron chi connectivity index (χ3n) is 3.51. The second-order valence-corrected chi connectivity index (χ2v) is 5.70. The first-order valence-electron chi connectivity index (χ1n) is 6.71. The lowest BCUT2D eigenvalue weighted by molar-refractivity contribution is -0.118. The Labute approximate surface area is 131 Å². The minimum atomic E-state index is -0.342. The molecule has 0 atom stereocenters. The van der Waals surface area contributed by atoms with Crippen LogP contribution in [0.2, 0.25) is 0 Å². The largest absolute Gasteiger partial charge is 0.291 e. The number of amides is 3. The Morgan fingerprint density at radius 1 is 1.23 bits per heavy atom. The summed E-state index contributed by atoms with van der Waals surface area (Å²) in [4.78, 5) is 43.1. The minimum absolute atomic E-state index is 0.0703. The van der Waals surface area contributed by atoms with Crippen LogP contribution >= 0.6 is 11.3 Å². The molecule has 6 nitrogen and oxygen atoms in total. The average molecular weight is 315 g/mol. The van der Waals surface area contributed by atoms with E-state index in [0.717, 1.165) is 4.90 Å². The SMILES string of the molecule is CN(C(=O)CCN1C(=O)c2ccccc2C1=O)c1nccs1. The van der Waals surface area contributed by atoms with Crippen molar-refractivity contribution in [3.63, 3.8) is 0 Å². The van der Waals surface area contributed by atoms with E-state index in [4.69, 9.17) is 0 Å². The molecule has 112 valence electrons. The zero-order valence-electron chi connectivity index (χ0n) is 11.9. The van der Waals surface area contributed by atoms with Crippen molar-refractivity contribution in [3.8, 4) is 0 Å². The first-order chi connectivity index (χ1) is 10.6. The summed E-state index contributed by atoms with van der Waals surface area (Å²) in [6.07, 6.45) is 1.69. The Morgan fingerprint density at radius 2 is 1.86 bits per heavy atom. The highest BCUT2D eigenvalue weighted by Crippen LogP contribution is 2.23. The molecule has 0 aliphatic carbocycles. The van der Waals surface area contributed by atoms with Gasteiger partial charge in [-0.25, -0.2) is 4.98 Å². The molecule has 2 aromatic rings. The van der Waals surface area contributed by atoms with Gasteiger partial charge in [-0.1, -0.05) is 12.1 Å². The zero-order valence-corrected chi connectivity index (χ0v) is 12.7. The van der Waals surface area contributed by atoms with Crippen molar-refractivity contribution in [1.82, 2.24) is 9.88 Å². The number of hydrogen-bond acceptors (Lipinski definition) is 5. The number of rotatable bonds is 4. The zero-order chi connectivity index (χ0) is 15.7. The van der Waals surface area contributed by atoms with Crippen LogP contribution in [0.5, 0.6) is 0 Å². The van der Waals surface area contributed by atoms with E-state index in [2.05, 4.69) is 4.98 Å². The smallest absolute Gasteiger partial charge is 0.261 e. The van der Waals surface area contributed by atoms with Crippen LogP contribution in [0, 0.1) is 0 Å². The number of thiazole rings is 1. The molecule has 0 radical (unpaired) electrons. The summed E-state index contributed by atoms with van der Waals surface area (Å²) in [6, 6.07) is 6.68. The summed E-state index contributed by atoms with van der Waals surface area (Å²) < 4.78 is 0. The van der Waals surface area contributed by atoms with E-state index in [1.54, 1.807) is 42.9 Å². The fourth-order valence-corrected chi connectivity index (χ4v) is 2.93. The number of carbonyl (C=O) groups is 3. The maximum absolute atomic E-state index is 12.2. The Morgan fingerprint density at radius 3 is 2.41 bits per heavy atom. The van der Waals surface area contributed by atoms with Gasteiger partial charge in [-0.3, -0.25) is 24.2 Å². The molecule has 2 heterocycles. The number of benzene rings is 1. The van der Waals surface area contributed by atoms with Crippen molar-refractivity contribution in [1.29, 1.82) is 0 Å². The van der Waals surface area contributed by atoms with Gasteiger partial charge in [-0.05, 0) is 12.1 Å². The van der Waals surface area contributed by atoms with Crippen molar-refractivity contribution in [2.24, 2.45) is 0 Å². The topological polar surface area (TPSA) is 70.6 Å². The Bertz CT molecular complexity index is 707. The van der Waals surface area contributed by atoms with Gasteiger partial charge < -0.3 is 0 Å². The van der Waals surface area contributed by atoms with Gasteiger partial charge in [0.1, 0.15) is 0 Å². The third kappa shape index (κ3) is 2.39. The van der Waals surface area contributed by atoms with Crippen LogP contribution in [0.3, 0.4) is 0 Å². The fraction of sp³-hybridized carbons (Fsp3) is 0.200. The predicted molar refractivity (Wildman–Crippen MR) is 82.0 cm³/mol. The molecule has 22 heavy (non-hydrogen) atoms. The molecule has 0 saturated carbocycles. The normalized spacial score (nSPS) is 13.4. The lowest BCUT2D eigenvalue weighted by atomic mass is 10.1. The number of anilines is 1. The molecule has 3 amide bonds. The van der Waals surface area contributed by atoms with E-state index in [9.17, 15) is 14.4 Å². The second-order valence-electron chi connectivity index (χ2n) is 4.82. The van der Waals surface area contributed by atoms with Crippen LogP contribution in [0.4, 0.5) is 5.13 Å². The van der Waals surface area contributed by atoms with Crippen molar-refractivity contribution < 1.29 is 14.4 Å². The van der Waals surface area contributed by atoms with Gasteiger partial charge in [-0.15, -0.1) is 11.3 Å². The molecular formula is C15H13N3O3S. The van der Waals surface area contributed by atoms with E-state index < -0.39 is 0 Å². The van der Waals surface area contributed by atoms with Crippen molar-refractivity contribution in [3.05, 3.63) is 47.0 Å². The number of hydrogen-bond donors (Lipinski definition) is 0. The summed E-state index contributed by atoms with van der Waals surface area (Å²) in [6.45, 7) is 0.0703. The molecule has 1 aliphatic rings. The number of nitrogens with zero attached hydrogens (tertiary/aromatic N) is 3.